The van der Waals surface area contributed by atoms with Crippen LogP contribution in [0.3, 0.4) is 0 Å². The number of hydrogen-bond acceptors (Lipinski definition) is 4. The van der Waals surface area contributed by atoms with E-state index >= 15 is 0 Å². The summed E-state index contributed by atoms with van der Waals surface area (Å²) in [7, 11) is 0. The molecule has 0 saturated heterocycles. The van der Waals surface area contributed by atoms with E-state index in [0.29, 0.717) is 16.5 Å². The second-order valence-corrected chi connectivity index (χ2v) is 4.66. The molecule has 0 unspecified atom stereocenters. The van der Waals surface area contributed by atoms with Crippen molar-refractivity contribution in [1.29, 1.82) is 0 Å². The fourth-order valence-electron chi connectivity index (χ4n) is 2.26. The normalized spacial score (nSPS) is 11.6. The maximum absolute atomic E-state index is 13.0. The summed E-state index contributed by atoms with van der Waals surface area (Å²) < 4.78 is 13.0. The van der Waals surface area contributed by atoms with E-state index in [0.717, 1.165) is 0 Å². The summed E-state index contributed by atoms with van der Waals surface area (Å²) in [6.45, 7) is 0. The van der Waals surface area contributed by atoms with Crippen LogP contribution >= 0.6 is 0 Å². The van der Waals surface area contributed by atoms with Crippen LogP contribution in [0.1, 0.15) is 15.9 Å². The number of hydrogen-bond donors (Lipinski definition) is 1. The topological polar surface area (TPSA) is 62.5 Å². The fraction of sp³-hybridized carbons (Fsp3) is 0. The second kappa shape index (κ2) is 5.73. The van der Waals surface area contributed by atoms with Gasteiger partial charge in [0.25, 0.3) is 0 Å². The molecule has 1 N–H and O–H groups in total. The van der Waals surface area contributed by atoms with Crippen LogP contribution in [0.5, 0.6) is 0 Å². The number of oxime groups is 1. The highest BCUT2D eigenvalue weighted by Crippen LogP contribution is 2.19. The standard InChI is InChI=1S/C17H11FN2O2/c18-12-7-5-11(6-8-12)17(21)16(20-22)14-9-10-19-15-4-2-1-3-13(14)15/h1-10,22H. The molecule has 0 saturated carbocycles. The number of carbonyl (C=O) groups is 1. The Bertz CT molecular complexity index is 868. The minimum absolute atomic E-state index is 0.106. The van der Waals surface area contributed by atoms with Gasteiger partial charge in [-0.3, -0.25) is 9.78 Å². The Morgan fingerprint density at radius 2 is 1.77 bits per heavy atom. The van der Waals surface area contributed by atoms with Gasteiger partial charge in [0.2, 0.25) is 5.78 Å². The molecule has 5 heteroatoms. The van der Waals surface area contributed by atoms with Gasteiger partial charge < -0.3 is 5.21 Å². The zero-order valence-electron chi connectivity index (χ0n) is 11.4. The molecule has 0 amide bonds. The highest BCUT2D eigenvalue weighted by molar-refractivity contribution is 6.52. The molecule has 2 aromatic carbocycles. The average Bonchev–Trinajstić information content (AvgIpc) is 2.56. The summed E-state index contributed by atoms with van der Waals surface area (Å²) in [5.74, 6) is -0.924. The highest BCUT2D eigenvalue weighted by atomic mass is 19.1. The maximum atomic E-state index is 13.0. The van der Waals surface area contributed by atoms with Crippen molar-refractivity contribution in [2.45, 2.75) is 0 Å². The van der Waals surface area contributed by atoms with Crippen molar-refractivity contribution in [2.24, 2.45) is 5.16 Å². The number of rotatable bonds is 3. The SMILES string of the molecule is O=C(C(=NO)c1ccnc2ccccc12)c1ccc(F)cc1. The quantitative estimate of drug-likeness (QED) is 0.348. The summed E-state index contributed by atoms with van der Waals surface area (Å²) in [6, 6.07) is 13.9. The van der Waals surface area contributed by atoms with Crippen molar-refractivity contribution in [3.05, 3.63) is 77.7 Å². The lowest BCUT2D eigenvalue weighted by atomic mass is 9.98. The van der Waals surface area contributed by atoms with Crippen LogP contribution in [0.4, 0.5) is 4.39 Å². The summed E-state index contributed by atoms with van der Waals surface area (Å²) in [5, 5.41) is 13.2. The van der Waals surface area contributed by atoms with Gasteiger partial charge in [-0.25, -0.2) is 4.39 Å². The molecule has 1 aromatic heterocycles. The maximum Gasteiger partial charge on any atom is 0.215 e. The predicted molar refractivity (Wildman–Crippen MR) is 80.8 cm³/mol. The lowest BCUT2D eigenvalue weighted by molar-refractivity contribution is 0.106. The van der Waals surface area contributed by atoms with Crippen molar-refractivity contribution < 1.29 is 14.4 Å². The van der Waals surface area contributed by atoms with Crippen LogP contribution in [0.15, 0.2) is 65.9 Å². The van der Waals surface area contributed by atoms with Crippen molar-refractivity contribution in [2.75, 3.05) is 0 Å². The minimum Gasteiger partial charge on any atom is -0.410 e. The van der Waals surface area contributed by atoms with Crippen LogP contribution in [0.2, 0.25) is 0 Å². The second-order valence-electron chi connectivity index (χ2n) is 4.66. The van der Waals surface area contributed by atoms with Crippen LogP contribution < -0.4 is 0 Å². The van der Waals surface area contributed by atoms with Crippen LogP contribution in [-0.2, 0) is 0 Å². The number of fused-ring (bicyclic) bond motifs is 1. The van der Waals surface area contributed by atoms with Gasteiger partial charge in [-0.15, -0.1) is 0 Å². The first-order chi connectivity index (χ1) is 10.7. The molecular formula is C17H11FN2O2. The van der Waals surface area contributed by atoms with Crippen LogP contribution in [0.25, 0.3) is 10.9 Å². The Morgan fingerprint density at radius 3 is 2.50 bits per heavy atom. The molecule has 0 spiro atoms. The summed E-state index contributed by atoms with van der Waals surface area (Å²) in [5.41, 5.74) is 1.30. The summed E-state index contributed by atoms with van der Waals surface area (Å²) in [6.07, 6.45) is 1.54. The number of benzene rings is 2. The molecule has 0 aliphatic heterocycles. The van der Waals surface area contributed by atoms with Crippen molar-refractivity contribution in [1.82, 2.24) is 4.98 Å². The molecule has 0 fully saturated rings. The van der Waals surface area contributed by atoms with E-state index in [4.69, 9.17) is 0 Å². The number of halogens is 1. The van der Waals surface area contributed by atoms with E-state index in [1.54, 1.807) is 24.4 Å². The Hall–Kier alpha value is -3.08. The van der Waals surface area contributed by atoms with Gasteiger partial charge >= 0.3 is 0 Å². The largest absolute Gasteiger partial charge is 0.410 e. The highest BCUT2D eigenvalue weighted by Gasteiger charge is 2.19. The Kier molecular flexibility index (Phi) is 3.62. The first-order valence-corrected chi connectivity index (χ1v) is 6.57. The smallest absolute Gasteiger partial charge is 0.215 e. The number of Topliss-reactive ketones (excluding diaryl/α,β-unsaturated/α-hetero) is 1. The third-order valence-corrected chi connectivity index (χ3v) is 3.33. The number of carbonyl (C=O) groups excluding carboxylic acids is 1. The van der Waals surface area contributed by atoms with E-state index < -0.39 is 11.6 Å². The molecule has 4 nitrogen and oxygen atoms in total. The van der Waals surface area contributed by atoms with Gasteiger partial charge in [0, 0.05) is 22.7 Å². The summed E-state index contributed by atoms with van der Waals surface area (Å²) in [4.78, 5) is 16.7. The Balaban J connectivity index is 2.11. The van der Waals surface area contributed by atoms with E-state index in [-0.39, 0.29) is 11.3 Å². The van der Waals surface area contributed by atoms with Gasteiger partial charge in [-0.05, 0) is 36.4 Å². The number of nitrogens with zero attached hydrogens (tertiary/aromatic N) is 2. The average molecular weight is 294 g/mol. The molecule has 108 valence electrons. The molecule has 22 heavy (non-hydrogen) atoms. The molecule has 0 atom stereocenters. The first kappa shape index (κ1) is 13.9. The number of ketones is 1. The third-order valence-electron chi connectivity index (χ3n) is 3.33. The summed E-state index contributed by atoms with van der Waals surface area (Å²) >= 11 is 0. The van der Waals surface area contributed by atoms with Gasteiger partial charge in [0.05, 0.1) is 5.52 Å². The van der Waals surface area contributed by atoms with E-state index in [9.17, 15) is 14.4 Å². The molecule has 0 bridgehead atoms. The van der Waals surface area contributed by atoms with E-state index in [1.807, 2.05) is 12.1 Å². The molecule has 1 heterocycles. The van der Waals surface area contributed by atoms with Gasteiger partial charge in [-0.1, -0.05) is 23.4 Å². The number of para-hydroxylation sites is 1. The fourth-order valence-corrected chi connectivity index (χ4v) is 2.26. The Morgan fingerprint density at radius 1 is 1.05 bits per heavy atom. The molecule has 3 rings (SSSR count). The van der Waals surface area contributed by atoms with Gasteiger partial charge in [0.15, 0.2) is 5.71 Å². The van der Waals surface area contributed by atoms with Crippen molar-refractivity contribution in [3.63, 3.8) is 0 Å². The first-order valence-electron chi connectivity index (χ1n) is 6.57. The van der Waals surface area contributed by atoms with Crippen LogP contribution in [0, 0.1) is 5.82 Å². The van der Waals surface area contributed by atoms with Crippen molar-refractivity contribution >= 4 is 22.4 Å². The van der Waals surface area contributed by atoms with E-state index in [1.165, 1.54) is 24.3 Å². The molecule has 0 aliphatic carbocycles. The molecule has 0 aliphatic rings. The number of aromatic nitrogens is 1. The van der Waals surface area contributed by atoms with Crippen LogP contribution in [-0.4, -0.2) is 21.7 Å². The zero-order chi connectivity index (χ0) is 15.5. The monoisotopic (exact) mass is 294 g/mol. The third kappa shape index (κ3) is 2.44. The molecular weight excluding hydrogens is 283 g/mol. The lowest BCUT2D eigenvalue weighted by Crippen LogP contribution is -2.16. The van der Waals surface area contributed by atoms with Crippen molar-refractivity contribution in [3.8, 4) is 0 Å². The minimum atomic E-state index is -0.487. The molecule has 0 radical (unpaired) electrons. The zero-order valence-corrected chi connectivity index (χ0v) is 11.4. The Labute approximate surface area is 125 Å². The van der Waals surface area contributed by atoms with E-state index in [2.05, 4.69) is 10.1 Å². The molecule has 3 aromatic rings. The van der Waals surface area contributed by atoms with Gasteiger partial charge in [0.1, 0.15) is 5.82 Å². The lowest BCUT2D eigenvalue weighted by Gasteiger charge is -2.07. The predicted octanol–water partition coefficient (Wildman–Crippen LogP) is 3.44. The van der Waals surface area contributed by atoms with Gasteiger partial charge in [-0.2, -0.15) is 0 Å². The number of pyridine rings is 1.